The van der Waals surface area contributed by atoms with E-state index in [1.807, 2.05) is 6.07 Å². The van der Waals surface area contributed by atoms with Crippen molar-refractivity contribution in [1.29, 1.82) is 10.5 Å². The Morgan fingerprint density at radius 2 is 1.88 bits per heavy atom. The number of fused-ring (bicyclic) bond motifs is 1. The van der Waals surface area contributed by atoms with Crippen LogP contribution in [0, 0.1) is 22.7 Å². The van der Waals surface area contributed by atoms with Crippen molar-refractivity contribution in [2.45, 2.75) is 37.1 Å². The molecule has 1 heterocycles. The highest BCUT2D eigenvalue weighted by atomic mass is 32.2. The summed E-state index contributed by atoms with van der Waals surface area (Å²) >= 11 is 1.26. The summed E-state index contributed by atoms with van der Waals surface area (Å²) in [6.45, 7) is 0. The predicted molar refractivity (Wildman–Crippen MR) is 101 cm³/mol. The van der Waals surface area contributed by atoms with Crippen LogP contribution in [0.4, 0.5) is 5.69 Å². The van der Waals surface area contributed by atoms with Crippen molar-refractivity contribution in [1.82, 2.24) is 4.98 Å². The number of nitrogens with one attached hydrogen (secondary N) is 1. The highest BCUT2D eigenvalue weighted by Crippen LogP contribution is 2.27. The fourth-order valence-corrected chi connectivity index (χ4v) is 3.77. The molecule has 0 saturated heterocycles. The van der Waals surface area contributed by atoms with E-state index in [1.165, 1.54) is 18.2 Å². The van der Waals surface area contributed by atoms with Gasteiger partial charge in [0.25, 0.3) is 0 Å². The normalized spacial score (nSPS) is 13.0. The molecule has 1 aromatic carbocycles. The van der Waals surface area contributed by atoms with Gasteiger partial charge in [0, 0.05) is 5.69 Å². The third-order valence-corrected chi connectivity index (χ3v) is 5.29. The molecule has 0 fully saturated rings. The third kappa shape index (κ3) is 4.22. The predicted octanol–water partition coefficient (Wildman–Crippen LogP) is 3.82. The van der Waals surface area contributed by atoms with Crippen LogP contribution in [-0.2, 0) is 17.6 Å². The van der Waals surface area contributed by atoms with Crippen LogP contribution in [0.15, 0.2) is 35.4 Å². The molecular formula is C20H18N4OS. The van der Waals surface area contributed by atoms with Crippen LogP contribution < -0.4 is 5.32 Å². The maximum absolute atomic E-state index is 12.2. The van der Waals surface area contributed by atoms with Crippen molar-refractivity contribution in [3.8, 4) is 12.1 Å². The van der Waals surface area contributed by atoms with Gasteiger partial charge in [-0.1, -0.05) is 30.3 Å². The molecule has 0 saturated carbocycles. The van der Waals surface area contributed by atoms with Crippen LogP contribution in [0.25, 0.3) is 0 Å². The van der Waals surface area contributed by atoms with E-state index < -0.39 is 0 Å². The number of amides is 1. The van der Waals surface area contributed by atoms with E-state index in [9.17, 15) is 10.1 Å². The zero-order valence-electron chi connectivity index (χ0n) is 14.3. The number of hydrogen-bond acceptors (Lipinski definition) is 5. The Balaban J connectivity index is 1.71. The number of anilines is 1. The topological polar surface area (TPSA) is 89.6 Å². The molecule has 5 nitrogen and oxygen atoms in total. The molecule has 3 rings (SSSR count). The Hall–Kier alpha value is -2.83. The van der Waals surface area contributed by atoms with Gasteiger partial charge in [-0.25, -0.2) is 4.98 Å². The first kappa shape index (κ1) is 18.0. The number of para-hydroxylation sites is 1. The van der Waals surface area contributed by atoms with E-state index in [4.69, 9.17) is 5.26 Å². The minimum Gasteiger partial charge on any atom is -0.324 e. The number of carbonyl (C=O) groups excluding carboxylic acids is 1. The number of nitrogens with zero attached hydrogens (tertiary/aromatic N) is 3. The summed E-state index contributed by atoms with van der Waals surface area (Å²) in [5.74, 6) is -0.0846. The van der Waals surface area contributed by atoms with Crippen LogP contribution in [0.3, 0.4) is 0 Å². The lowest BCUT2D eigenvalue weighted by molar-refractivity contribution is -0.113. The Morgan fingerprint density at radius 1 is 1.12 bits per heavy atom. The Labute approximate surface area is 157 Å². The monoisotopic (exact) mass is 362 g/mol. The van der Waals surface area contributed by atoms with E-state index in [-0.39, 0.29) is 11.7 Å². The molecule has 0 unspecified atom stereocenters. The fourth-order valence-electron chi connectivity index (χ4n) is 2.99. The van der Waals surface area contributed by atoms with Gasteiger partial charge in [0.15, 0.2) is 0 Å². The largest absolute Gasteiger partial charge is 0.324 e. The van der Waals surface area contributed by atoms with Crippen molar-refractivity contribution in [3.05, 3.63) is 52.7 Å². The van der Waals surface area contributed by atoms with Gasteiger partial charge in [-0.3, -0.25) is 4.79 Å². The van der Waals surface area contributed by atoms with Gasteiger partial charge in [-0.2, -0.15) is 10.5 Å². The van der Waals surface area contributed by atoms with Gasteiger partial charge < -0.3 is 5.32 Å². The standard InChI is InChI=1S/C20H18N4OS/c21-11-15-7-4-5-9-18(15)23-19(25)13-26-20-16(12-22)10-14-6-2-1-3-8-17(14)24-20/h4-5,7,9-10H,1-3,6,8,13H2,(H,23,25). The molecule has 1 amide bonds. The van der Waals surface area contributed by atoms with Crippen LogP contribution in [-0.4, -0.2) is 16.6 Å². The highest BCUT2D eigenvalue weighted by molar-refractivity contribution is 8.00. The first-order chi connectivity index (χ1) is 12.7. The summed E-state index contributed by atoms with van der Waals surface area (Å²) in [5.41, 5.74) is 3.67. The number of thioether (sulfide) groups is 1. The average molecular weight is 362 g/mol. The molecule has 0 bridgehead atoms. The molecule has 0 radical (unpaired) electrons. The van der Waals surface area contributed by atoms with Crippen molar-refractivity contribution >= 4 is 23.4 Å². The van der Waals surface area contributed by atoms with Gasteiger partial charge in [-0.05, 0) is 49.4 Å². The number of aromatic nitrogens is 1. The molecule has 26 heavy (non-hydrogen) atoms. The zero-order valence-corrected chi connectivity index (χ0v) is 15.1. The Morgan fingerprint density at radius 3 is 2.69 bits per heavy atom. The summed E-state index contributed by atoms with van der Waals surface area (Å²) in [7, 11) is 0. The van der Waals surface area contributed by atoms with Gasteiger partial charge in [-0.15, -0.1) is 0 Å². The van der Waals surface area contributed by atoms with Crippen LogP contribution in [0.2, 0.25) is 0 Å². The second-order valence-corrected chi connectivity index (χ2v) is 7.08. The minimum atomic E-state index is -0.224. The molecule has 1 N–H and O–H groups in total. The number of pyridine rings is 1. The van der Waals surface area contributed by atoms with Crippen molar-refractivity contribution in [2.75, 3.05) is 11.1 Å². The summed E-state index contributed by atoms with van der Waals surface area (Å²) in [6.07, 6.45) is 5.32. The Kier molecular flexibility index (Phi) is 5.88. The number of benzene rings is 1. The van der Waals surface area contributed by atoms with E-state index in [0.29, 0.717) is 21.8 Å². The summed E-state index contributed by atoms with van der Waals surface area (Å²) < 4.78 is 0. The molecule has 0 atom stereocenters. The van der Waals surface area contributed by atoms with Crippen LogP contribution in [0.5, 0.6) is 0 Å². The molecule has 130 valence electrons. The summed E-state index contributed by atoms with van der Waals surface area (Å²) in [6, 6.07) is 13.1. The number of carbonyl (C=O) groups is 1. The van der Waals surface area contributed by atoms with Crippen LogP contribution in [0.1, 0.15) is 41.6 Å². The van der Waals surface area contributed by atoms with E-state index in [2.05, 4.69) is 22.4 Å². The number of nitriles is 2. The molecule has 0 aliphatic heterocycles. The molecule has 1 aromatic heterocycles. The molecule has 1 aliphatic rings. The van der Waals surface area contributed by atoms with Gasteiger partial charge in [0.05, 0.1) is 22.6 Å². The SMILES string of the molecule is N#Cc1ccccc1NC(=O)CSc1nc2c(cc1C#N)CCCCC2. The molecule has 1 aliphatic carbocycles. The number of hydrogen-bond donors (Lipinski definition) is 1. The minimum absolute atomic E-state index is 0.139. The third-order valence-electron chi connectivity index (χ3n) is 4.30. The van der Waals surface area contributed by atoms with Crippen molar-refractivity contribution < 1.29 is 4.79 Å². The lowest BCUT2D eigenvalue weighted by atomic mass is 10.1. The molecular weight excluding hydrogens is 344 g/mol. The highest BCUT2D eigenvalue weighted by Gasteiger charge is 2.16. The number of aryl methyl sites for hydroxylation is 2. The van der Waals surface area contributed by atoms with Crippen molar-refractivity contribution in [3.63, 3.8) is 0 Å². The maximum Gasteiger partial charge on any atom is 0.234 e. The van der Waals surface area contributed by atoms with Crippen LogP contribution >= 0.6 is 11.8 Å². The molecule has 2 aromatic rings. The zero-order chi connectivity index (χ0) is 18.4. The van der Waals surface area contributed by atoms with E-state index in [1.54, 1.807) is 24.3 Å². The second-order valence-electron chi connectivity index (χ2n) is 6.11. The Bertz CT molecular complexity index is 911. The second kappa shape index (κ2) is 8.51. The fraction of sp³-hybridized carbons (Fsp3) is 0.300. The van der Waals surface area contributed by atoms with Gasteiger partial charge in [0.2, 0.25) is 5.91 Å². The first-order valence-corrected chi connectivity index (χ1v) is 9.54. The lowest BCUT2D eigenvalue weighted by Crippen LogP contribution is -2.15. The molecule has 0 spiro atoms. The first-order valence-electron chi connectivity index (χ1n) is 8.56. The maximum atomic E-state index is 12.2. The smallest absolute Gasteiger partial charge is 0.234 e. The number of rotatable bonds is 4. The molecule has 6 heteroatoms. The lowest BCUT2D eigenvalue weighted by Gasteiger charge is -2.10. The summed E-state index contributed by atoms with van der Waals surface area (Å²) in [5, 5.41) is 21.9. The van der Waals surface area contributed by atoms with E-state index in [0.717, 1.165) is 36.9 Å². The van der Waals surface area contributed by atoms with E-state index >= 15 is 0 Å². The van der Waals surface area contributed by atoms with Gasteiger partial charge >= 0.3 is 0 Å². The van der Waals surface area contributed by atoms with Crippen molar-refractivity contribution in [2.24, 2.45) is 0 Å². The summed E-state index contributed by atoms with van der Waals surface area (Å²) in [4.78, 5) is 16.9. The quantitative estimate of drug-likeness (QED) is 0.659. The van der Waals surface area contributed by atoms with Gasteiger partial charge in [0.1, 0.15) is 17.2 Å². The average Bonchev–Trinajstić information content (AvgIpc) is 2.90.